The molecular formula is C11H17BrN2O3. The standard InChI is InChI=1S/C11H17BrN2O3/c1-7(2)9(12)5-13-11(15)10-4-8(6-16-3)17-14-10/h4,7,9H,5-6H2,1-3H3,(H,13,15). The average Bonchev–Trinajstić information content (AvgIpc) is 2.74. The largest absolute Gasteiger partial charge is 0.377 e. The van der Waals surface area contributed by atoms with E-state index in [1.54, 1.807) is 13.2 Å². The monoisotopic (exact) mass is 304 g/mol. The van der Waals surface area contributed by atoms with Crippen molar-refractivity contribution in [3.05, 3.63) is 17.5 Å². The quantitative estimate of drug-likeness (QED) is 0.816. The van der Waals surface area contributed by atoms with E-state index in [9.17, 15) is 4.79 Å². The molecule has 96 valence electrons. The number of aromatic nitrogens is 1. The summed E-state index contributed by atoms with van der Waals surface area (Å²) in [5, 5.41) is 6.46. The van der Waals surface area contributed by atoms with E-state index >= 15 is 0 Å². The molecule has 0 spiro atoms. The number of hydrogen-bond acceptors (Lipinski definition) is 4. The van der Waals surface area contributed by atoms with Crippen molar-refractivity contribution in [3.63, 3.8) is 0 Å². The van der Waals surface area contributed by atoms with E-state index < -0.39 is 0 Å². The van der Waals surface area contributed by atoms with Gasteiger partial charge in [-0.2, -0.15) is 0 Å². The predicted molar refractivity (Wildman–Crippen MR) is 67.1 cm³/mol. The van der Waals surface area contributed by atoms with E-state index in [0.717, 1.165) is 0 Å². The van der Waals surface area contributed by atoms with Crippen LogP contribution >= 0.6 is 15.9 Å². The van der Waals surface area contributed by atoms with E-state index in [-0.39, 0.29) is 16.4 Å². The molecule has 1 amide bonds. The van der Waals surface area contributed by atoms with Gasteiger partial charge in [0, 0.05) is 24.5 Å². The second-order valence-electron chi connectivity index (χ2n) is 4.08. The van der Waals surface area contributed by atoms with Crippen LogP contribution in [-0.2, 0) is 11.3 Å². The molecule has 0 aliphatic carbocycles. The van der Waals surface area contributed by atoms with Crippen LogP contribution in [0.5, 0.6) is 0 Å². The third-order valence-electron chi connectivity index (χ3n) is 2.26. The molecule has 1 atom stereocenters. The molecule has 0 radical (unpaired) electrons. The summed E-state index contributed by atoms with van der Waals surface area (Å²) in [5.74, 6) is 0.759. The second kappa shape index (κ2) is 6.76. The summed E-state index contributed by atoms with van der Waals surface area (Å²) in [5.41, 5.74) is 0.278. The molecular weight excluding hydrogens is 288 g/mol. The molecule has 17 heavy (non-hydrogen) atoms. The van der Waals surface area contributed by atoms with Crippen molar-refractivity contribution >= 4 is 21.8 Å². The van der Waals surface area contributed by atoms with Gasteiger partial charge in [-0.1, -0.05) is 34.9 Å². The van der Waals surface area contributed by atoms with Crippen LogP contribution in [0, 0.1) is 5.92 Å². The van der Waals surface area contributed by atoms with Crippen molar-refractivity contribution in [2.45, 2.75) is 25.3 Å². The van der Waals surface area contributed by atoms with Crippen LogP contribution in [0.15, 0.2) is 10.6 Å². The Balaban J connectivity index is 2.46. The molecule has 0 aliphatic heterocycles. The number of amides is 1. The minimum atomic E-state index is -0.235. The highest BCUT2D eigenvalue weighted by Crippen LogP contribution is 2.11. The van der Waals surface area contributed by atoms with Crippen LogP contribution in [0.4, 0.5) is 0 Å². The smallest absolute Gasteiger partial charge is 0.273 e. The summed E-state index contributed by atoms with van der Waals surface area (Å²) < 4.78 is 9.81. The first-order valence-electron chi connectivity index (χ1n) is 5.41. The van der Waals surface area contributed by atoms with Gasteiger partial charge in [-0.25, -0.2) is 0 Å². The van der Waals surface area contributed by atoms with E-state index in [4.69, 9.17) is 9.26 Å². The number of halogens is 1. The summed E-state index contributed by atoms with van der Waals surface area (Å²) in [4.78, 5) is 11.9. The molecule has 0 aliphatic rings. The van der Waals surface area contributed by atoms with Crippen LogP contribution in [0.2, 0.25) is 0 Å². The zero-order valence-corrected chi connectivity index (χ0v) is 11.8. The van der Waals surface area contributed by atoms with Gasteiger partial charge in [0.1, 0.15) is 6.61 Å². The number of rotatable bonds is 6. The maximum Gasteiger partial charge on any atom is 0.273 e. The topological polar surface area (TPSA) is 64.4 Å². The summed E-state index contributed by atoms with van der Waals surface area (Å²) in [6, 6.07) is 1.58. The first-order chi connectivity index (χ1) is 8.04. The third kappa shape index (κ3) is 4.47. The Bertz CT molecular complexity index is 365. The van der Waals surface area contributed by atoms with Crippen LogP contribution < -0.4 is 5.32 Å². The number of alkyl halides is 1. The number of carbonyl (C=O) groups is 1. The SMILES string of the molecule is COCc1cc(C(=O)NCC(Br)C(C)C)no1. The lowest BCUT2D eigenvalue weighted by molar-refractivity contribution is 0.0943. The molecule has 0 fully saturated rings. The molecule has 0 saturated heterocycles. The van der Waals surface area contributed by atoms with E-state index in [0.29, 0.717) is 24.8 Å². The van der Waals surface area contributed by atoms with Crippen molar-refractivity contribution in [2.75, 3.05) is 13.7 Å². The minimum absolute atomic E-state index is 0.235. The molecule has 1 rings (SSSR count). The molecule has 5 nitrogen and oxygen atoms in total. The van der Waals surface area contributed by atoms with Crippen LogP contribution in [0.3, 0.4) is 0 Å². The highest BCUT2D eigenvalue weighted by molar-refractivity contribution is 9.09. The third-order valence-corrected chi connectivity index (χ3v) is 3.64. The van der Waals surface area contributed by atoms with Crippen molar-refractivity contribution in [1.29, 1.82) is 0 Å². The maximum absolute atomic E-state index is 11.7. The lowest BCUT2D eigenvalue weighted by Gasteiger charge is -2.13. The Labute approximate surface area is 109 Å². The maximum atomic E-state index is 11.7. The van der Waals surface area contributed by atoms with Gasteiger partial charge in [-0.3, -0.25) is 4.79 Å². The van der Waals surface area contributed by atoms with Gasteiger partial charge in [0.05, 0.1) is 0 Å². The Morgan fingerprint density at radius 3 is 2.94 bits per heavy atom. The van der Waals surface area contributed by atoms with Crippen molar-refractivity contribution in [1.82, 2.24) is 10.5 Å². The van der Waals surface area contributed by atoms with Gasteiger partial charge in [-0.15, -0.1) is 0 Å². The van der Waals surface area contributed by atoms with Gasteiger partial charge in [0.25, 0.3) is 5.91 Å². The van der Waals surface area contributed by atoms with Gasteiger partial charge in [0.2, 0.25) is 0 Å². The lowest BCUT2D eigenvalue weighted by Crippen LogP contribution is -2.31. The van der Waals surface area contributed by atoms with Crippen molar-refractivity contribution in [2.24, 2.45) is 5.92 Å². The molecule has 0 bridgehead atoms. The molecule has 0 aromatic carbocycles. The molecule has 6 heteroatoms. The Morgan fingerprint density at radius 1 is 1.65 bits per heavy atom. The summed E-state index contributed by atoms with van der Waals surface area (Å²) in [7, 11) is 1.56. The fourth-order valence-electron chi connectivity index (χ4n) is 1.15. The number of nitrogens with zero attached hydrogens (tertiary/aromatic N) is 1. The first kappa shape index (κ1) is 14.2. The Kier molecular flexibility index (Phi) is 5.64. The molecule has 1 aromatic rings. The number of hydrogen-bond donors (Lipinski definition) is 1. The second-order valence-corrected chi connectivity index (χ2v) is 5.26. The summed E-state index contributed by atoms with van der Waals surface area (Å²) in [6.07, 6.45) is 0. The molecule has 1 unspecified atom stereocenters. The summed E-state index contributed by atoms with van der Waals surface area (Å²) >= 11 is 3.49. The fraction of sp³-hybridized carbons (Fsp3) is 0.636. The summed E-state index contributed by atoms with van der Waals surface area (Å²) in [6.45, 7) is 5.03. The Morgan fingerprint density at radius 2 is 2.35 bits per heavy atom. The van der Waals surface area contributed by atoms with Gasteiger partial charge >= 0.3 is 0 Å². The highest BCUT2D eigenvalue weighted by Gasteiger charge is 2.15. The zero-order chi connectivity index (χ0) is 12.8. The molecule has 1 aromatic heterocycles. The lowest BCUT2D eigenvalue weighted by atomic mass is 10.1. The fourth-order valence-corrected chi connectivity index (χ4v) is 1.31. The zero-order valence-electron chi connectivity index (χ0n) is 10.2. The number of nitrogens with one attached hydrogen (secondary N) is 1. The van der Waals surface area contributed by atoms with Crippen molar-refractivity contribution < 1.29 is 14.1 Å². The number of methoxy groups -OCH3 is 1. The molecule has 1 N–H and O–H groups in total. The molecule has 0 saturated carbocycles. The van der Waals surface area contributed by atoms with Crippen LogP contribution in [0.1, 0.15) is 30.1 Å². The highest BCUT2D eigenvalue weighted by atomic mass is 79.9. The average molecular weight is 305 g/mol. The number of carbonyl (C=O) groups excluding carboxylic acids is 1. The normalized spacial score (nSPS) is 12.8. The van der Waals surface area contributed by atoms with E-state index in [2.05, 4.69) is 40.3 Å². The van der Waals surface area contributed by atoms with Gasteiger partial charge in [-0.05, 0) is 5.92 Å². The first-order valence-corrected chi connectivity index (χ1v) is 6.33. The Hall–Kier alpha value is -0.880. The van der Waals surface area contributed by atoms with E-state index in [1.165, 1.54) is 0 Å². The van der Waals surface area contributed by atoms with Crippen LogP contribution in [-0.4, -0.2) is 29.5 Å². The van der Waals surface area contributed by atoms with E-state index in [1.807, 2.05) is 0 Å². The van der Waals surface area contributed by atoms with Crippen LogP contribution in [0.25, 0.3) is 0 Å². The molecule has 1 heterocycles. The van der Waals surface area contributed by atoms with Gasteiger partial charge < -0.3 is 14.6 Å². The number of ether oxygens (including phenoxy) is 1. The van der Waals surface area contributed by atoms with Crippen molar-refractivity contribution in [3.8, 4) is 0 Å². The van der Waals surface area contributed by atoms with Gasteiger partial charge in [0.15, 0.2) is 11.5 Å². The predicted octanol–water partition coefficient (Wildman–Crippen LogP) is 1.97. The minimum Gasteiger partial charge on any atom is -0.377 e.